The molecule has 1 unspecified atom stereocenters. The normalized spacial score (nSPS) is 21.4. The van der Waals surface area contributed by atoms with Crippen LogP contribution in [-0.4, -0.2) is 34.8 Å². The van der Waals surface area contributed by atoms with E-state index in [1.807, 2.05) is 0 Å². The highest BCUT2D eigenvalue weighted by molar-refractivity contribution is 6.46. The molecule has 1 saturated heterocycles. The second-order valence-electron chi connectivity index (χ2n) is 7.54. The number of nitrogens with zero attached hydrogens (tertiary/aromatic N) is 1. The molecular formula is C23H21ClFNO4. The first-order chi connectivity index (χ1) is 14.4. The number of hydrogen-bond donors (Lipinski definition) is 1. The van der Waals surface area contributed by atoms with E-state index in [-0.39, 0.29) is 22.9 Å². The Hall–Kier alpha value is -2.86. The molecule has 1 aliphatic carbocycles. The van der Waals surface area contributed by atoms with E-state index >= 15 is 0 Å². The van der Waals surface area contributed by atoms with Gasteiger partial charge in [-0.05, 0) is 48.7 Å². The van der Waals surface area contributed by atoms with Crippen LogP contribution in [0.3, 0.4) is 0 Å². The zero-order valence-corrected chi connectivity index (χ0v) is 17.2. The van der Waals surface area contributed by atoms with E-state index in [1.54, 1.807) is 29.2 Å². The molecule has 2 aromatic carbocycles. The Morgan fingerprint density at radius 2 is 1.80 bits per heavy atom. The van der Waals surface area contributed by atoms with Crippen LogP contribution in [0, 0.1) is 5.82 Å². The maximum Gasteiger partial charge on any atom is 0.295 e. The zero-order valence-electron chi connectivity index (χ0n) is 16.4. The molecule has 0 aromatic heterocycles. The van der Waals surface area contributed by atoms with Crippen molar-refractivity contribution in [3.05, 3.63) is 70.0 Å². The van der Waals surface area contributed by atoms with Crippen molar-refractivity contribution < 1.29 is 23.8 Å². The zero-order chi connectivity index (χ0) is 21.4. The lowest BCUT2D eigenvalue weighted by Crippen LogP contribution is -2.37. The van der Waals surface area contributed by atoms with E-state index in [1.165, 1.54) is 19.2 Å². The van der Waals surface area contributed by atoms with Crippen LogP contribution in [0.15, 0.2) is 48.0 Å². The molecule has 0 radical (unpaired) electrons. The third-order valence-corrected chi connectivity index (χ3v) is 6.05. The van der Waals surface area contributed by atoms with Gasteiger partial charge in [0.15, 0.2) is 0 Å². The Bertz CT molecular complexity index is 1030. The molecule has 1 N–H and O–H groups in total. The largest absolute Gasteiger partial charge is 0.507 e. The highest BCUT2D eigenvalue weighted by atomic mass is 35.5. The van der Waals surface area contributed by atoms with Crippen LogP contribution >= 0.6 is 11.6 Å². The van der Waals surface area contributed by atoms with Gasteiger partial charge in [-0.25, -0.2) is 4.39 Å². The van der Waals surface area contributed by atoms with Gasteiger partial charge in [0.05, 0.1) is 24.3 Å². The van der Waals surface area contributed by atoms with Crippen molar-refractivity contribution in [3.63, 3.8) is 0 Å². The molecular weight excluding hydrogens is 409 g/mol. The van der Waals surface area contributed by atoms with Crippen molar-refractivity contribution in [3.8, 4) is 5.75 Å². The molecule has 0 bridgehead atoms. The number of benzene rings is 2. The number of aliphatic hydroxyl groups is 1. The fourth-order valence-corrected chi connectivity index (χ4v) is 4.52. The smallest absolute Gasteiger partial charge is 0.295 e. The van der Waals surface area contributed by atoms with Crippen LogP contribution in [0.25, 0.3) is 5.76 Å². The molecule has 5 nitrogen and oxygen atoms in total. The highest BCUT2D eigenvalue weighted by Crippen LogP contribution is 2.44. The molecule has 30 heavy (non-hydrogen) atoms. The summed E-state index contributed by atoms with van der Waals surface area (Å²) in [6, 6.07) is 9.60. The van der Waals surface area contributed by atoms with Crippen molar-refractivity contribution in [1.29, 1.82) is 0 Å². The van der Waals surface area contributed by atoms with Gasteiger partial charge in [-0.1, -0.05) is 36.6 Å². The molecule has 2 fully saturated rings. The molecule has 0 spiro atoms. The Morgan fingerprint density at radius 1 is 1.13 bits per heavy atom. The van der Waals surface area contributed by atoms with E-state index in [9.17, 15) is 19.1 Å². The molecule has 1 saturated carbocycles. The van der Waals surface area contributed by atoms with E-state index in [0.29, 0.717) is 10.6 Å². The molecule has 1 heterocycles. The summed E-state index contributed by atoms with van der Waals surface area (Å²) >= 11 is 6.02. The fraction of sp³-hybridized carbons (Fsp3) is 0.304. The number of amides is 1. The number of rotatable bonds is 4. The molecule has 2 aromatic rings. The lowest BCUT2D eigenvalue weighted by atomic mass is 9.94. The first kappa shape index (κ1) is 20.4. The summed E-state index contributed by atoms with van der Waals surface area (Å²) in [6.45, 7) is 0. The predicted octanol–water partition coefficient (Wildman–Crippen LogP) is 4.85. The summed E-state index contributed by atoms with van der Waals surface area (Å²) in [4.78, 5) is 27.6. The van der Waals surface area contributed by atoms with Gasteiger partial charge in [-0.2, -0.15) is 0 Å². The van der Waals surface area contributed by atoms with E-state index in [0.717, 1.165) is 31.7 Å². The molecule has 4 rings (SSSR count). The summed E-state index contributed by atoms with van der Waals surface area (Å²) in [7, 11) is 1.39. The predicted molar refractivity (Wildman–Crippen MR) is 111 cm³/mol. The minimum Gasteiger partial charge on any atom is -0.507 e. The standard InChI is InChI=1S/C23H21ClFNO4/c1-30-18-11-10-15(25)12-17(18)21(27)19-20(13-6-8-14(24)9-7-13)26(23(29)22(19)28)16-4-2-3-5-16/h6-12,16,20,27H,2-5H2,1H3/b21-19+. The van der Waals surface area contributed by atoms with Gasteiger partial charge in [0, 0.05) is 11.1 Å². The van der Waals surface area contributed by atoms with Gasteiger partial charge < -0.3 is 14.7 Å². The lowest BCUT2D eigenvalue weighted by molar-refractivity contribution is -0.141. The number of hydrogen-bond acceptors (Lipinski definition) is 4. The summed E-state index contributed by atoms with van der Waals surface area (Å²) in [5, 5.41) is 11.6. The number of carbonyl (C=O) groups excluding carboxylic acids is 2. The second kappa shape index (κ2) is 8.11. The number of halogens is 2. The first-order valence-corrected chi connectivity index (χ1v) is 10.2. The van der Waals surface area contributed by atoms with Crippen molar-refractivity contribution in [2.45, 2.75) is 37.8 Å². The fourth-order valence-electron chi connectivity index (χ4n) is 4.39. The van der Waals surface area contributed by atoms with Crippen molar-refractivity contribution in [2.24, 2.45) is 0 Å². The van der Waals surface area contributed by atoms with Gasteiger partial charge >= 0.3 is 0 Å². The molecule has 1 atom stereocenters. The Balaban J connectivity index is 1.92. The summed E-state index contributed by atoms with van der Waals surface area (Å²) < 4.78 is 19.2. The van der Waals surface area contributed by atoms with Crippen LogP contribution in [0.4, 0.5) is 4.39 Å². The molecule has 1 amide bonds. The minimum atomic E-state index is -0.786. The van der Waals surface area contributed by atoms with Gasteiger partial charge in [0.25, 0.3) is 11.7 Å². The van der Waals surface area contributed by atoms with Crippen molar-refractivity contribution >= 4 is 29.1 Å². The Morgan fingerprint density at radius 3 is 2.43 bits per heavy atom. The Labute approximate surface area is 178 Å². The van der Waals surface area contributed by atoms with Crippen LogP contribution < -0.4 is 4.74 Å². The van der Waals surface area contributed by atoms with Crippen molar-refractivity contribution in [1.82, 2.24) is 4.90 Å². The average Bonchev–Trinajstić information content (AvgIpc) is 3.35. The van der Waals surface area contributed by atoms with Gasteiger partial charge in [-0.3, -0.25) is 9.59 Å². The van der Waals surface area contributed by atoms with Crippen LogP contribution in [0.2, 0.25) is 5.02 Å². The van der Waals surface area contributed by atoms with Gasteiger partial charge in [0.1, 0.15) is 17.3 Å². The number of Topliss-reactive ketones (excluding diaryl/α,β-unsaturated/α-hetero) is 1. The molecule has 1 aliphatic heterocycles. The number of likely N-dealkylation sites (tertiary alicyclic amines) is 1. The monoisotopic (exact) mass is 429 g/mol. The summed E-state index contributed by atoms with van der Waals surface area (Å²) in [6.07, 6.45) is 3.53. The molecule has 7 heteroatoms. The minimum absolute atomic E-state index is 0.0286. The maximum absolute atomic E-state index is 13.9. The van der Waals surface area contributed by atoms with Gasteiger partial charge in [-0.15, -0.1) is 0 Å². The number of ether oxygens (including phenoxy) is 1. The Kier molecular flexibility index (Phi) is 5.52. The number of aliphatic hydroxyl groups excluding tert-OH is 1. The maximum atomic E-state index is 13.9. The number of methoxy groups -OCH3 is 1. The first-order valence-electron chi connectivity index (χ1n) is 9.82. The average molecular weight is 430 g/mol. The topological polar surface area (TPSA) is 66.8 Å². The quantitative estimate of drug-likeness (QED) is 0.428. The van der Waals surface area contributed by atoms with Crippen molar-refractivity contribution in [2.75, 3.05) is 7.11 Å². The summed E-state index contributed by atoms with van der Waals surface area (Å²) in [5.74, 6) is -2.28. The number of carbonyl (C=O) groups is 2. The van der Waals surface area contributed by atoms with Crippen LogP contribution in [-0.2, 0) is 9.59 Å². The van der Waals surface area contributed by atoms with E-state index in [2.05, 4.69) is 0 Å². The number of ketones is 1. The van der Waals surface area contributed by atoms with Crippen LogP contribution in [0.1, 0.15) is 42.9 Å². The third kappa shape index (κ3) is 3.45. The SMILES string of the molecule is COc1ccc(F)cc1/C(O)=C1\C(=O)C(=O)N(C2CCCC2)C1c1ccc(Cl)cc1. The molecule has 2 aliphatic rings. The van der Waals surface area contributed by atoms with E-state index < -0.39 is 29.3 Å². The third-order valence-electron chi connectivity index (χ3n) is 5.80. The highest BCUT2D eigenvalue weighted by Gasteiger charge is 2.49. The lowest BCUT2D eigenvalue weighted by Gasteiger charge is -2.30. The summed E-state index contributed by atoms with van der Waals surface area (Å²) in [5.41, 5.74) is 0.612. The van der Waals surface area contributed by atoms with Crippen LogP contribution in [0.5, 0.6) is 5.75 Å². The second-order valence-corrected chi connectivity index (χ2v) is 7.98. The van der Waals surface area contributed by atoms with E-state index in [4.69, 9.17) is 16.3 Å². The van der Waals surface area contributed by atoms with Gasteiger partial charge in [0.2, 0.25) is 0 Å². The molecule has 156 valence electrons.